The van der Waals surface area contributed by atoms with E-state index < -0.39 is 0 Å². The van der Waals surface area contributed by atoms with Crippen molar-refractivity contribution in [2.45, 2.75) is 0 Å². The molecule has 4 rings (SSSR count). The van der Waals surface area contributed by atoms with Gasteiger partial charge in [-0.1, -0.05) is 18.2 Å². The Hall–Kier alpha value is -3.71. The van der Waals surface area contributed by atoms with Crippen LogP contribution in [0.2, 0.25) is 0 Å². The van der Waals surface area contributed by atoms with Crippen molar-refractivity contribution in [2.75, 3.05) is 5.73 Å². The van der Waals surface area contributed by atoms with Crippen molar-refractivity contribution in [3.05, 3.63) is 89.2 Å². The van der Waals surface area contributed by atoms with Crippen molar-refractivity contribution in [3.63, 3.8) is 0 Å². The SMILES string of the molecule is N=C(N)c1c(N)cc(-c2cncc(Br)c2)nc1-c1ccc(Oc2ccccc2)cc1. The molecule has 0 spiro atoms. The smallest absolute Gasteiger partial charge is 0.127 e. The van der Waals surface area contributed by atoms with Crippen LogP contribution in [0.15, 0.2) is 83.6 Å². The zero-order chi connectivity index (χ0) is 21.1. The van der Waals surface area contributed by atoms with Gasteiger partial charge in [-0.2, -0.15) is 0 Å². The van der Waals surface area contributed by atoms with E-state index in [0.29, 0.717) is 28.4 Å². The maximum Gasteiger partial charge on any atom is 0.127 e. The molecule has 0 fully saturated rings. The number of rotatable bonds is 5. The van der Waals surface area contributed by atoms with E-state index in [9.17, 15) is 0 Å². The van der Waals surface area contributed by atoms with Crippen molar-refractivity contribution < 1.29 is 4.74 Å². The molecule has 0 bridgehead atoms. The van der Waals surface area contributed by atoms with Crippen LogP contribution in [-0.2, 0) is 0 Å². The first-order valence-electron chi connectivity index (χ1n) is 9.10. The molecule has 0 saturated carbocycles. The van der Waals surface area contributed by atoms with Crippen LogP contribution in [0.25, 0.3) is 22.5 Å². The average molecular weight is 460 g/mol. The number of nitrogens with one attached hydrogen (secondary N) is 1. The van der Waals surface area contributed by atoms with Gasteiger partial charge in [0.05, 0.1) is 17.0 Å². The lowest BCUT2D eigenvalue weighted by atomic mass is 10.0. The van der Waals surface area contributed by atoms with E-state index in [1.54, 1.807) is 18.5 Å². The Balaban J connectivity index is 1.76. The number of pyridine rings is 2. The van der Waals surface area contributed by atoms with Gasteiger partial charge in [-0.15, -0.1) is 0 Å². The largest absolute Gasteiger partial charge is 0.457 e. The van der Waals surface area contributed by atoms with Crippen LogP contribution >= 0.6 is 15.9 Å². The molecule has 0 aliphatic carbocycles. The third-order valence-corrected chi connectivity index (χ3v) is 4.86. The van der Waals surface area contributed by atoms with E-state index in [1.165, 1.54) is 0 Å². The monoisotopic (exact) mass is 459 g/mol. The predicted octanol–water partition coefficient (Wildman–Crippen LogP) is 5.23. The van der Waals surface area contributed by atoms with Gasteiger partial charge in [-0.25, -0.2) is 4.98 Å². The summed E-state index contributed by atoms with van der Waals surface area (Å²) in [4.78, 5) is 8.94. The van der Waals surface area contributed by atoms with E-state index in [1.807, 2.05) is 60.7 Å². The number of aromatic nitrogens is 2. The zero-order valence-corrected chi connectivity index (χ0v) is 17.4. The number of amidine groups is 1. The fourth-order valence-electron chi connectivity index (χ4n) is 3.06. The lowest BCUT2D eigenvalue weighted by Gasteiger charge is -2.14. The molecule has 7 heteroatoms. The minimum Gasteiger partial charge on any atom is -0.457 e. The van der Waals surface area contributed by atoms with Crippen LogP contribution in [0.1, 0.15) is 5.56 Å². The number of benzene rings is 2. The molecule has 6 nitrogen and oxygen atoms in total. The van der Waals surface area contributed by atoms with Gasteiger partial charge in [0.2, 0.25) is 0 Å². The van der Waals surface area contributed by atoms with Crippen LogP contribution in [0.5, 0.6) is 11.5 Å². The maximum absolute atomic E-state index is 7.98. The minimum absolute atomic E-state index is 0.140. The number of para-hydroxylation sites is 1. The maximum atomic E-state index is 7.98. The second kappa shape index (κ2) is 8.34. The fourth-order valence-corrected chi connectivity index (χ4v) is 3.43. The highest BCUT2D eigenvalue weighted by molar-refractivity contribution is 9.10. The van der Waals surface area contributed by atoms with Crippen LogP contribution < -0.4 is 16.2 Å². The zero-order valence-electron chi connectivity index (χ0n) is 15.8. The Morgan fingerprint density at radius 1 is 0.900 bits per heavy atom. The highest BCUT2D eigenvalue weighted by Gasteiger charge is 2.16. The lowest BCUT2D eigenvalue weighted by molar-refractivity contribution is 0.483. The summed E-state index contributed by atoms with van der Waals surface area (Å²) < 4.78 is 6.68. The Kier molecular flexibility index (Phi) is 5.45. The number of hydrogen-bond donors (Lipinski definition) is 3. The molecule has 2 aromatic carbocycles. The number of hydrogen-bond acceptors (Lipinski definition) is 5. The van der Waals surface area contributed by atoms with Crippen molar-refractivity contribution in [3.8, 4) is 34.0 Å². The van der Waals surface area contributed by atoms with Gasteiger partial charge in [0, 0.05) is 33.7 Å². The number of nitrogens with two attached hydrogens (primary N) is 2. The predicted molar refractivity (Wildman–Crippen MR) is 123 cm³/mol. The lowest BCUT2D eigenvalue weighted by Crippen LogP contribution is -2.16. The first-order valence-corrected chi connectivity index (χ1v) is 9.90. The molecular weight excluding hydrogens is 442 g/mol. The Labute approximate surface area is 182 Å². The van der Waals surface area contributed by atoms with E-state index in [0.717, 1.165) is 21.3 Å². The van der Waals surface area contributed by atoms with Gasteiger partial charge in [-0.3, -0.25) is 10.4 Å². The minimum atomic E-state index is -0.140. The molecule has 5 N–H and O–H groups in total. The molecule has 148 valence electrons. The number of nitrogens with zero attached hydrogens (tertiary/aromatic N) is 2. The summed E-state index contributed by atoms with van der Waals surface area (Å²) in [5.41, 5.74) is 15.6. The molecule has 4 aromatic rings. The molecule has 0 atom stereocenters. The second-order valence-corrected chi connectivity index (χ2v) is 7.48. The summed E-state index contributed by atoms with van der Waals surface area (Å²) >= 11 is 3.42. The summed E-state index contributed by atoms with van der Waals surface area (Å²) in [6.45, 7) is 0. The standard InChI is InChI=1S/C23H18BrN5O/c24-16-10-15(12-28-13-16)20-11-19(25)21(23(26)27)22(29-20)14-6-8-18(9-7-14)30-17-4-2-1-3-5-17/h1-13H,(H2,25,29)(H3,26,27). The van der Waals surface area contributed by atoms with Gasteiger partial charge >= 0.3 is 0 Å². The van der Waals surface area contributed by atoms with Crippen molar-refractivity contribution in [1.82, 2.24) is 9.97 Å². The normalized spacial score (nSPS) is 10.6. The van der Waals surface area contributed by atoms with E-state index >= 15 is 0 Å². The number of nitrogen functional groups attached to an aromatic ring is 2. The Morgan fingerprint density at radius 2 is 1.60 bits per heavy atom. The van der Waals surface area contributed by atoms with Crippen LogP contribution in [0, 0.1) is 5.41 Å². The van der Waals surface area contributed by atoms with Crippen LogP contribution in [0.3, 0.4) is 0 Å². The molecule has 0 aliphatic heterocycles. The highest BCUT2D eigenvalue weighted by Crippen LogP contribution is 2.32. The van der Waals surface area contributed by atoms with Gasteiger partial charge in [0.15, 0.2) is 0 Å². The van der Waals surface area contributed by atoms with Crippen molar-refractivity contribution >= 4 is 27.5 Å². The van der Waals surface area contributed by atoms with E-state index in [-0.39, 0.29) is 5.84 Å². The Bertz CT molecular complexity index is 1210. The number of anilines is 1. The molecule has 0 saturated heterocycles. The molecule has 30 heavy (non-hydrogen) atoms. The summed E-state index contributed by atoms with van der Waals surface area (Å²) in [7, 11) is 0. The molecular formula is C23H18BrN5O. The van der Waals surface area contributed by atoms with Crippen molar-refractivity contribution in [2.24, 2.45) is 5.73 Å². The van der Waals surface area contributed by atoms with Crippen LogP contribution in [0.4, 0.5) is 5.69 Å². The third kappa shape index (κ3) is 4.16. The molecule has 2 heterocycles. The average Bonchev–Trinajstić information content (AvgIpc) is 2.74. The molecule has 0 aliphatic rings. The van der Waals surface area contributed by atoms with Gasteiger partial charge in [0.1, 0.15) is 17.3 Å². The van der Waals surface area contributed by atoms with Gasteiger partial charge in [-0.05, 0) is 64.5 Å². The highest BCUT2D eigenvalue weighted by atomic mass is 79.9. The quantitative estimate of drug-likeness (QED) is 0.279. The second-order valence-electron chi connectivity index (χ2n) is 6.57. The molecule has 2 aromatic heterocycles. The fraction of sp³-hybridized carbons (Fsp3) is 0. The Morgan fingerprint density at radius 3 is 2.27 bits per heavy atom. The topological polar surface area (TPSA) is 111 Å². The first-order chi connectivity index (χ1) is 14.5. The number of halogens is 1. The molecule has 0 unspecified atom stereocenters. The number of ether oxygens (including phenoxy) is 1. The van der Waals surface area contributed by atoms with E-state index in [2.05, 4.69) is 20.9 Å². The van der Waals surface area contributed by atoms with Crippen molar-refractivity contribution in [1.29, 1.82) is 5.41 Å². The molecule has 0 amide bonds. The first kappa shape index (κ1) is 19.6. The summed E-state index contributed by atoms with van der Waals surface area (Å²) in [5.74, 6) is 1.30. The van der Waals surface area contributed by atoms with Crippen LogP contribution in [-0.4, -0.2) is 15.8 Å². The third-order valence-electron chi connectivity index (χ3n) is 4.43. The van der Waals surface area contributed by atoms with E-state index in [4.69, 9.17) is 26.6 Å². The summed E-state index contributed by atoms with van der Waals surface area (Å²) in [6, 6.07) is 20.6. The van der Waals surface area contributed by atoms with Gasteiger partial charge < -0.3 is 16.2 Å². The summed E-state index contributed by atoms with van der Waals surface area (Å²) in [6.07, 6.45) is 3.41. The summed E-state index contributed by atoms with van der Waals surface area (Å²) in [5, 5.41) is 7.98. The molecule has 0 radical (unpaired) electrons. The van der Waals surface area contributed by atoms with Gasteiger partial charge in [0.25, 0.3) is 0 Å².